The first-order valence-electron chi connectivity index (χ1n) is 9.45. The summed E-state index contributed by atoms with van der Waals surface area (Å²) in [5, 5.41) is 3.37. The summed E-state index contributed by atoms with van der Waals surface area (Å²) in [5.74, 6) is -0.775. The first-order chi connectivity index (χ1) is 14.4. The predicted molar refractivity (Wildman–Crippen MR) is 101 cm³/mol. The van der Waals surface area contributed by atoms with E-state index in [-0.39, 0.29) is 5.82 Å². The van der Waals surface area contributed by atoms with Crippen molar-refractivity contribution in [1.29, 1.82) is 0 Å². The number of hydrogen-bond donors (Lipinski definition) is 0. The Labute approximate surface area is 171 Å². The molecule has 3 heterocycles. The van der Waals surface area contributed by atoms with Crippen molar-refractivity contribution in [2.45, 2.75) is 26.4 Å². The van der Waals surface area contributed by atoms with Crippen molar-refractivity contribution in [3.8, 4) is 28.7 Å². The topological polar surface area (TPSA) is 90.1 Å². The molecule has 0 aliphatic rings. The number of aromatic nitrogens is 5. The molecule has 0 unspecified atom stereocenters. The van der Waals surface area contributed by atoms with Crippen LogP contribution in [0, 0.1) is 0 Å². The molecule has 0 N–H and O–H groups in total. The van der Waals surface area contributed by atoms with Gasteiger partial charge in [0, 0.05) is 18.3 Å². The highest BCUT2D eigenvalue weighted by Crippen LogP contribution is 2.29. The van der Waals surface area contributed by atoms with Crippen LogP contribution in [0.25, 0.3) is 22.9 Å². The molecular weight excluding hydrogens is 401 g/mol. The van der Waals surface area contributed by atoms with Crippen molar-refractivity contribution in [3.63, 3.8) is 0 Å². The largest absolute Gasteiger partial charge is 0.490 e. The Kier molecular flexibility index (Phi) is 6.93. The molecular formula is C19H21F3N6O2. The van der Waals surface area contributed by atoms with Crippen molar-refractivity contribution < 1.29 is 22.4 Å². The van der Waals surface area contributed by atoms with Gasteiger partial charge in [0.2, 0.25) is 5.82 Å². The molecule has 0 fully saturated rings. The zero-order valence-electron chi connectivity index (χ0n) is 16.6. The van der Waals surface area contributed by atoms with Crippen molar-refractivity contribution in [1.82, 2.24) is 30.0 Å². The lowest BCUT2D eigenvalue weighted by Crippen LogP contribution is -2.25. The van der Waals surface area contributed by atoms with Gasteiger partial charge < -0.3 is 14.2 Å². The smallest absolute Gasteiger partial charge is 0.471 e. The number of nitrogens with zero attached hydrogens (tertiary/aromatic N) is 6. The Morgan fingerprint density at radius 2 is 1.80 bits per heavy atom. The second-order valence-corrected chi connectivity index (χ2v) is 6.32. The van der Waals surface area contributed by atoms with Crippen LogP contribution >= 0.6 is 0 Å². The highest BCUT2D eigenvalue weighted by molar-refractivity contribution is 5.62. The zero-order chi connectivity index (χ0) is 21.6. The molecule has 0 aliphatic heterocycles. The number of halogens is 3. The van der Waals surface area contributed by atoms with Crippen LogP contribution in [0.3, 0.4) is 0 Å². The first kappa shape index (κ1) is 21.6. The number of pyridine rings is 1. The van der Waals surface area contributed by atoms with Crippen molar-refractivity contribution >= 4 is 0 Å². The van der Waals surface area contributed by atoms with Crippen LogP contribution in [0.1, 0.15) is 26.2 Å². The minimum atomic E-state index is -4.70. The molecule has 30 heavy (non-hydrogen) atoms. The molecule has 3 aromatic heterocycles. The molecule has 0 atom stereocenters. The second kappa shape index (κ2) is 9.61. The number of alkyl halides is 3. The Morgan fingerprint density at radius 3 is 2.43 bits per heavy atom. The van der Waals surface area contributed by atoms with Crippen LogP contribution in [-0.4, -0.2) is 56.2 Å². The van der Waals surface area contributed by atoms with Gasteiger partial charge >= 0.3 is 12.1 Å². The highest BCUT2D eigenvalue weighted by atomic mass is 19.4. The first-order valence-corrected chi connectivity index (χ1v) is 9.45. The minimum Gasteiger partial charge on any atom is -0.490 e. The minimum absolute atomic E-state index is 0.195. The maximum Gasteiger partial charge on any atom is 0.471 e. The van der Waals surface area contributed by atoms with E-state index in [0.29, 0.717) is 29.4 Å². The quantitative estimate of drug-likeness (QED) is 0.482. The summed E-state index contributed by atoms with van der Waals surface area (Å²) in [6.07, 6.45) is 0.659. The van der Waals surface area contributed by atoms with Gasteiger partial charge in [-0.05, 0) is 31.6 Å². The summed E-state index contributed by atoms with van der Waals surface area (Å²) in [5.41, 5.74) is 0.665. The average Bonchev–Trinajstić information content (AvgIpc) is 3.25. The molecule has 0 aromatic carbocycles. The van der Waals surface area contributed by atoms with E-state index in [1.165, 1.54) is 30.7 Å². The van der Waals surface area contributed by atoms with E-state index in [1.54, 1.807) is 0 Å². The van der Waals surface area contributed by atoms with E-state index < -0.39 is 12.1 Å². The standard InChI is InChI=1S/C19H21F3N6O2/c1-3-28(4-2)8-5-9-29-14-11-24-17(25-12-14)15-10-13(6-7-23-15)16-26-18(30-27-16)19(20,21)22/h6-7,10-12H,3-5,8-9H2,1-2H3. The fourth-order valence-electron chi connectivity index (χ4n) is 2.69. The number of rotatable bonds is 9. The van der Waals surface area contributed by atoms with E-state index >= 15 is 0 Å². The molecule has 0 spiro atoms. The van der Waals surface area contributed by atoms with Gasteiger partial charge in [-0.2, -0.15) is 18.2 Å². The van der Waals surface area contributed by atoms with Gasteiger partial charge in [-0.15, -0.1) is 0 Å². The van der Waals surface area contributed by atoms with Crippen molar-refractivity contribution in [2.24, 2.45) is 0 Å². The van der Waals surface area contributed by atoms with Gasteiger partial charge in [0.25, 0.3) is 0 Å². The van der Waals surface area contributed by atoms with Gasteiger partial charge in [0.15, 0.2) is 11.6 Å². The van der Waals surface area contributed by atoms with E-state index in [2.05, 4.69) is 48.4 Å². The van der Waals surface area contributed by atoms with Crippen LogP contribution in [0.2, 0.25) is 0 Å². The Bertz CT molecular complexity index is 942. The average molecular weight is 422 g/mol. The lowest BCUT2D eigenvalue weighted by molar-refractivity contribution is -0.159. The monoisotopic (exact) mass is 422 g/mol. The van der Waals surface area contributed by atoms with Crippen molar-refractivity contribution in [3.05, 3.63) is 36.6 Å². The van der Waals surface area contributed by atoms with Crippen LogP contribution in [0.5, 0.6) is 5.75 Å². The zero-order valence-corrected chi connectivity index (χ0v) is 16.6. The summed E-state index contributed by atoms with van der Waals surface area (Å²) in [6.45, 7) is 7.74. The molecule has 0 saturated heterocycles. The van der Waals surface area contributed by atoms with E-state index in [4.69, 9.17) is 4.74 Å². The molecule has 11 heteroatoms. The van der Waals surface area contributed by atoms with Gasteiger partial charge in [-0.3, -0.25) is 4.98 Å². The third-order valence-electron chi connectivity index (χ3n) is 4.33. The molecule has 160 valence electrons. The molecule has 3 rings (SSSR count). The van der Waals surface area contributed by atoms with Gasteiger partial charge in [0.1, 0.15) is 5.69 Å². The summed E-state index contributed by atoms with van der Waals surface area (Å²) in [6, 6.07) is 2.97. The van der Waals surface area contributed by atoms with E-state index in [1.807, 2.05) is 0 Å². The fraction of sp³-hybridized carbons (Fsp3) is 0.421. The molecule has 3 aromatic rings. The summed E-state index contributed by atoms with van der Waals surface area (Å²) in [4.78, 5) is 18.3. The molecule has 0 amide bonds. The number of hydrogen-bond acceptors (Lipinski definition) is 8. The lowest BCUT2D eigenvalue weighted by Gasteiger charge is -2.17. The third kappa shape index (κ3) is 5.50. The predicted octanol–water partition coefficient (Wildman–Crippen LogP) is 3.72. The molecule has 8 nitrogen and oxygen atoms in total. The Balaban J connectivity index is 1.64. The second-order valence-electron chi connectivity index (χ2n) is 6.32. The maximum absolute atomic E-state index is 12.6. The highest BCUT2D eigenvalue weighted by Gasteiger charge is 2.38. The number of ether oxygens (including phenoxy) is 1. The van der Waals surface area contributed by atoms with Crippen LogP contribution in [0.4, 0.5) is 13.2 Å². The fourth-order valence-corrected chi connectivity index (χ4v) is 2.69. The normalized spacial score (nSPS) is 11.8. The summed E-state index contributed by atoms with van der Waals surface area (Å²) in [7, 11) is 0. The Hall–Kier alpha value is -3.08. The van der Waals surface area contributed by atoms with Crippen LogP contribution in [0.15, 0.2) is 35.2 Å². The van der Waals surface area contributed by atoms with E-state index in [9.17, 15) is 13.2 Å². The van der Waals surface area contributed by atoms with Gasteiger partial charge in [-0.1, -0.05) is 19.0 Å². The molecule has 0 radical (unpaired) electrons. The lowest BCUT2D eigenvalue weighted by atomic mass is 10.2. The van der Waals surface area contributed by atoms with Crippen LogP contribution < -0.4 is 4.74 Å². The van der Waals surface area contributed by atoms with Gasteiger partial charge in [-0.25, -0.2) is 9.97 Å². The van der Waals surface area contributed by atoms with Gasteiger partial charge in [0.05, 0.1) is 19.0 Å². The third-order valence-corrected chi connectivity index (χ3v) is 4.33. The molecule has 0 bridgehead atoms. The Morgan fingerprint density at radius 1 is 1.07 bits per heavy atom. The van der Waals surface area contributed by atoms with Crippen LogP contribution in [-0.2, 0) is 6.18 Å². The molecule has 0 aliphatic carbocycles. The summed E-state index contributed by atoms with van der Waals surface area (Å²) < 4.78 is 47.8. The maximum atomic E-state index is 12.6. The molecule has 0 saturated carbocycles. The van der Waals surface area contributed by atoms with E-state index in [0.717, 1.165) is 26.1 Å². The SMILES string of the molecule is CCN(CC)CCCOc1cnc(-c2cc(-c3noc(C(F)(F)F)n3)ccn2)nc1. The summed E-state index contributed by atoms with van der Waals surface area (Å²) >= 11 is 0. The van der Waals surface area contributed by atoms with Crippen molar-refractivity contribution in [2.75, 3.05) is 26.2 Å².